The van der Waals surface area contributed by atoms with Crippen LogP contribution in [0.5, 0.6) is 0 Å². The molecule has 0 unspecified atom stereocenters. The van der Waals surface area contributed by atoms with E-state index in [2.05, 4.69) is 30.3 Å². The first-order chi connectivity index (χ1) is 18.2. The summed E-state index contributed by atoms with van der Waals surface area (Å²) in [5.41, 5.74) is 3.36. The number of anilines is 2. The van der Waals surface area contributed by atoms with Crippen molar-refractivity contribution in [1.29, 1.82) is 0 Å². The lowest BCUT2D eigenvalue weighted by atomic mass is 10.1. The molecule has 0 radical (unpaired) electrons. The zero-order valence-electron chi connectivity index (χ0n) is 20.4. The second-order valence-corrected chi connectivity index (χ2v) is 10.4. The van der Waals surface area contributed by atoms with Gasteiger partial charge in [-0.3, -0.25) is 0 Å². The summed E-state index contributed by atoms with van der Waals surface area (Å²) in [7, 11) is 0. The number of hydrogen-bond acceptors (Lipinski definition) is 7. The van der Waals surface area contributed by atoms with Crippen molar-refractivity contribution >= 4 is 51.4 Å². The largest absolute Gasteiger partial charge is 0.375 e. The van der Waals surface area contributed by atoms with Gasteiger partial charge in [0.15, 0.2) is 11.5 Å². The predicted molar refractivity (Wildman–Crippen MR) is 141 cm³/mol. The quantitative estimate of drug-likeness (QED) is 0.286. The van der Waals surface area contributed by atoms with E-state index in [1.807, 2.05) is 19.9 Å². The van der Waals surface area contributed by atoms with Crippen LogP contribution in [0, 0.1) is 0 Å². The maximum atomic E-state index is 13.2. The lowest BCUT2D eigenvalue weighted by Gasteiger charge is -2.38. The maximum Gasteiger partial charge on any atom is 0.333 e. The Morgan fingerprint density at radius 1 is 1.18 bits per heavy atom. The van der Waals surface area contributed by atoms with E-state index >= 15 is 0 Å². The molecule has 14 heteroatoms. The summed E-state index contributed by atoms with van der Waals surface area (Å²) in [6, 6.07) is 5.37. The Bertz CT molecular complexity index is 1610. The summed E-state index contributed by atoms with van der Waals surface area (Å²) in [6.07, 6.45) is 4.25. The van der Waals surface area contributed by atoms with Crippen LogP contribution in [0.25, 0.3) is 27.9 Å². The van der Waals surface area contributed by atoms with Crippen molar-refractivity contribution in [3.8, 4) is 11.3 Å². The van der Waals surface area contributed by atoms with Crippen LogP contribution in [0.15, 0.2) is 36.8 Å². The third-order valence-corrected chi connectivity index (χ3v) is 7.04. The summed E-state index contributed by atoms with van der Waals surface area (Å²) in [6.45, 7) is 3.49. The zero-order valence-corrected chi connectivity index (χ0v) is 21.9. The Hall–Kier alpha value is -3.48. The van der Waals surface area contributed by atoms with E-state index in [-0.39, 0.29) is 5.60 Å². The fourth-order valence-corrected chi connectivity index (χ4v) is 4.87. The van der Waals surface area contributed by atoms with Crippen molar-refractivity contribution in [1.82, 2.24) is 34.3 Å². The summed E-state index contributed by atoms with van der Waals surface area (Å²) in [4.78, 5) is 14.5. The molecule has 198 valence electrons. The average Bonchev–Trinajstić information content (AvgIpc) is 3.60. The van der Waals surface area contributed by atoms with E-state index in [9.17, 15) is 8.78 Å². The Morgan fingerprint density at radius 3 is 2.76 bits per heavy atom. The van der Waals surface area contributed by atoms with Crippen molar-refractivity contribution in [2.24, 2.45) is 0 Å². The minimum absolute atomic E-state index is 0.350. The molecule has 1 aliphatic rings. The number of benzene rings is 1. The standard InChI is InChI=1S/C24H23Cl2F2N9O/c1-24(2)12-35(3-4-38-24)21-7-18(29-10-20-32-16-5-14(25)15(26)6-17(16)33-20)22-30-9-19(37(22)34-21)13-8-31-36(11-13)23(27)28/h5-9,11,23,29H,3-4,10,12H2,1-2H3,(H,32,33). The van der Waals surface area contributed by atoms with Crippen LogP contribution in [-0.2, 0) is 11.3 Å². The van der Waals surface area contributed by atoms with Crippen molar-refractivity contribution in [3.63, 3.8) is 0 Å². The highest BCUT2D eigenvalue weighted by molar-refractivity contribution is 6.42. The number of morpholine rings is 1. The van der Waals surface area contributed by atoms with Gasteiger partial charge in [0.25, 0.3) is 0 Å². The molecule has 1 aromatic carbocycles. The first-order valence-corrected chi connectivity index (χ1v) is 12.6. The fraction of sp³-hybridized carbons (Fsp3) is 0.333. The third-order valence-electron chi connectivity index (χ3n) is 6.32. The molecule has 0 saturated carbocycles. The number of nitrogens with one attached hydrogen (secondary N) is 2. The second kappa shape index (κ2) is 9.37. The van der Waals surface area contributed by atoms with Crippen molar-refractivity contribution in [2.45, 2.75) is 32.5 Å². The zero-order chi connectivity index (χ0) is 26.6. The van der Waals surface area contributed by atoms with Crippen LogP contribution in [0.1, 0.15) is 26.2 Å². The Morgan fingerprint density at radius 2 is 2.00 bits per heavy atom. The van der Waals surface area contributed by atoms with Gasteiger partial charge < -0.3 is 19.9 Å². The highest BCUT2D eigenvalue weighted by atomic mass is 35.5. The van der Waals surface area contributed by atoms with Gasteiger partial charge in [0, 0.05) is 30.9 Å². The van der Waals surface area contributed by atoms with Gasteiger partial charge in [0.2, 0.25) is 0 Å². The van der Waals surface area contributed by atoms with Crippen molar-refractivity contribution < 1.29 is 13.5 Å². The molecule has 0 bridgehead atoms. The summed E-state index contributed by atoms with van der Waals surface area (Å²) >= 11 is 12.3. The van der Waals surface area contributed by atoms with Crippen molar-refractivity contribution in [3.05, 3.63) is 52.7 Å². The molecular formula is C24H23Cl2F2N9O. The normalized spacial score (nSPS) is 15.7. The van der Waals surface area contributed by atoms with E-state index in [0.29, 0.717) is 80.7 Å². The van der Waals surface area contributed by atoms with Crippen molar-refractivity contribution in [2.75, 3.05) is 29.9 Å². The third kappa shape index (κ3) is 4.63. The number of halogens is 4. The predicted octanol–water partition coefficient (Wildman–Crippen LogP) is 5.40. The number of aromatic amines is 1. The lowest BCUT2D eigenvalue weighted by Crippen LogP contribution is -2.48. The van der Waals surface area contributed by atoms with Crippen LogP contribution >= 0.6 is 23.2 Å². The number of aromatic nitrogens is 7. The molecular weight excluding hydrogens is 539 g/mol. The monoisotopic (exact) mass is 561 g/mol. The Balaban J connectivity index is 1.39. The van der Waals surface area contributed by atoms with Gasteiger partial charge in [0.1, 0.15) is 5.82 Å². The fourth-order valence-electron chi connectivity index (χ4n) is 4.55. The number of imidazole rings is 2. The van der Waals surface area contributed by atoms with Gasteiger partial charge in [-0.05, 0) is 26.0 Å². The number of rotatable bonds is 6. The maximum absolute atomic E-state index is 13.2. The average molecular weight is 562 g/mol. The molecule has 0 aliphatic carbocycles. The van der Waals surface area contributed by atoms with Crippen LogP contribution in [0.2, 0.25) is 10.0 Å². The number of hydrogen-bond donors (Lipinski definition) is 2. The molecule has 5 heterocycles. The molecule has 1 saturated heterocycles. The molecule has 1 fully saturated rings. The van der Waals surface area contributed by atoms with Gasteiger partial charge in [-0.2, -0.15) is 13.9 Å². The minimum atomic E-state index is -2.74. The van der Waals surface area contributed by atoms with Crippen LogP contribution in [0.4, 0.5) is 20.3 Å². The van der Waals surface area contributed by atoms with Crippen LogP contribution in [-0.4, -0.2) is 59.6 Å². The number of fused-ring (bicyclic) bond motifs is 2. The smallest absolute Gasteiger partial charge is 0.333 e. The van der Waals surface area contributed by atoms with Gasteiger partial charge in [-0.25, -0.2) is 19.2 Å². The molecule has 0 atom stereocenters. The van der Waals surface area contributed by atoms with E-state index in [0.717, 1.165) is 5.52 Å². The summed E-state index contributed by atoms with van der Waals surface area (Å²) in [5, 5.41) is 12.9. The van der Waals surface area contributed by atoms with Gasteiger partial charge in [-0.15, -0.1) is 5.10 Å². The number of alkyl halides is 2. The van der Waals surface area contributed by atoms with Gasteiger partial charge >= 0.3 is 6.55 Å². The molecule has 4 aromatic heterocycles. The van der Waals surface area contributed by atoms with Crippen LogP contribution in [0.3, 0.4) is 0 Å². The molecule has 5 aromatic rings. The van der Waals surface area contributed by atoms with E-state index in [1.165, 1.54) is 12.4 Å². The number of nitrogens with zero attached hydrogens (tertiary/aromatic N) is 7. The minimum Gasteiger partial charge on any atom is -0.375 e. The lowest BCUT2D eigenvalue weighted by molar-refractivity contribution is -0.0279. The number of ether oxygens (including phenoxy) is 1. The van der Waals surface area contributed by atoms with E-state index in [4.69, 9.17) is 33.0 Å². The SMILES string of the molecule is CC1(C)CN(c2cc(NCc3nc4cc(Cl)c(Cl)cc4[nH]3)c3ncc(-c4cnn(C(F)F)c4)n3n2)CCO1. The highest BCUT2D eigenvalue weighted by Crippen LogP contribution is 2.31. The summed E-state index contributed by atoms with van der Waals surface area (Å²) in [5.74, 6) is 1.37. The summed E-state index contributed by atoms with van der Waals surface area (Å²) < 4.78 is 34.5. The Labute approximate surface area is 225 Å². The highest BCUT2D eigenvalue weighted by Gasteiger charge is 2.29. The first-order valence-electron chi connectivity index (χ1n) is 11.8. The topological polar surface area (TPSA) is 101 Å². The molecule has 2 N–H and O–H groups in total. The molecule has 6 rings (SSSR count). The molecule has 0 amide bonds. The number of H-pyrrole nitrogens is 1. The Kier molecular flexibility index (Phi) is 6.12. The molecule has 38 heavy (non-hydrogen) atoms. The van der Waals surface area contributed by atoms with E-state index in [1.54, 1.807) is 22.8 Å². The second-order valence-electron chi connectivity index (χ2n) is 9.63. The molecule has 0 spiro atoms. The molecule has 1 aliphatic heterocycles. The van der Waals surface area contributed by atoms with Crippen LogP contribution < -0.4 is 10.2 Å². The van der Waals surface area contributed by atoms with E-state index < -0.39 is 6.55 Å². The van der Waals surface area contributed by atoms with Gasteiger partial charge in [-0.1, -0.05) is 23.2 Å². The van der Waals surface area contributed by atoms with Gasteiger partial charge in [0.05, 0.1) is 63.6 Å². The molecule has 10 nitrogen and oxygen atoms in total. The first kappa shape index (κ1) is 24.8.